The van der Waals surface area contributed by atoms with Crippen LogP contribution in [0, 0.1) is 6.92 Å². The van der Waals surface area contributed by atoms with E-state index in [1.165, 1.54) is 0 Å². The van der Waals surface area contributed by atoms with Crippen LogP contribution in [0.15, 0.2) is 79.4 Å². The van der Waals surface area contributed by atoms with E-state index in [9.17, 15) is 4.79 Å². The molecule has 0 N–H and O–H groups in total. The van der Waals surface area contributed by atoms with Gasteiger partial charge in [0.15, 0.2) is 0 Å². The lowest BCUT2D eigenvalue weighted by atomic mass is 10.1. The Labute approximate surface area is 191 Å². The van der Waals surface area contributed by atoms with Crippen LogP contribution in [0.1, 0.15) is 27.7 Å². The number of amides is 1. The molecule has 0 bridgehead atoms. The number of aromatic nitrogens is 4. The Bertz CT molecular complexity index is 1240. The molecule has 0 radical (unpaired) electrons. The Hall–Kier alpha value is -4.04. The molecular formula is C25H23N5O3. The molecule has 4 aromatic rings. The number of rotatable bonds is 5. The van der Waals surface area contributed by atoms with E-state index < -0.39 is 0 Å². The fraction of sp³-hybridized carbons (Fsp3) is 0.200. The molecule has 1 amide bonds. The number of carbonyl (C=O) groups excluding carboxylic acids is 1. The van der Waals surface area contributed by atoms with Gasteiger partial charge in [0.2, 0.25) is 5.88 Å². The summed E-state index contributed by atoms with van der Waals surface area (Å²) in [4.78, 5) is 19.6. The number of aryl methyl sites for hydroxylation is 1. The molecule has 8 heteroatoms. The summed E-state index contributed by atoms with van der Waals surface area (Å²) in [5.41, 5.74) is 3.33. The van der Waals surface area contributed by atoms with Crippen molar-refractivity contribution in [1.29, 1.82) is 0 Å². The second-order valence-corrected chi connectivity index (χ2v) is 7.85. The maximum Gasteiger partial charge on any atom is 0.254 e. The number of hydrogen-bond acceptors (Lipinski definition) is 6. The van der Waals surface area contributed by atoms with Gasteiger partial charge in [0, 0.05) is 23.9 Å². The predicted octanol–water partition coefficient (Wildman–Crippen LogP) is 3.98. The van der Waals surface area contributed by atoms with Crippen molar-refractivity contribution in [3.05, 3.63) is 96.2 Å². The molecule has 0 unspecified atom stereocenters. The van der Waals surface area contributed by atoms with Gasteiger partial charge >= 0.3 is 0 Å². The standard InChI is InChI=1S/C25H23N5O3/c1-18-8-10-21(11-9-18)33-24-7-3-6-22(28-24)23-15-29(12-13-32-23)25(31)19-4-2-5-20(14-19)30-16-26-27-17-30/h2-11,14,16-17,23H,12-13,15H2,1H3/t23-/m0/s1. The minimum Gasteiger partial charge on any atom is -0.439 e. The summed E-state index contributed by atoms with van der Waals surface area (Å²) in [7, 11) is 0. The van der Waals surface area contributed by atoms with E-state index in [0.29, 0.717) is 31.1 Å². The molecular weight excluding hydrogens is 418 g/mol. The zero-order valence-corrected chi connectivity index (χ0v) is 18.2. The van der Waals surface area contributed by atoms with Gasteiger partial charge in [-0.25, -0.2) is 4.98 Å². The SMILES string of the molecule is Cc1ccc(Oc2cccc([C@@H]3CN(C(=O)c4cccc(-n5cnnc5)c4)CCO3)n2)cc1. The number of carbonyl (C=O) groups is 1. The number of hydrogen-bond donors (Lipinski definition) is 0. The van der Waals surface area contributed by atoms with Gasteiger partial charge in [-0.1, -0.05) is 29.8 Å². The Morgan fingerprint density at radius 2 is 1.82 bits per heavy atom. The number of benzene rings is 2. The van der Waals surface area contributed by atoms with E-state index in [2.05, 4.69) is 15.2 Å². The third-order valence-corrected chi connectivity index (χ3v) is 5.48. The summed E-state index contributed by atoms with van der Waals surface area (Å²) in [5.74, 6) is 1.16. The van der Waals surface area contributed by atoms with E-state index in [4.69, 9.17) is 9.47 Å². The van der Waals surface area contributed by atoms with Gasteiger partial charge in [-0.15, -0.1) is 10.2 Å². The van der Waals surface area contributed by atoms with E-state index in [-0.39, 0.29) is 12.0 Å². The number of ether oxygens (including phenoxy) is 2. The van der Waals surface area contributed by atoms with Gasteiger partial charge in [0.05, 0.1) is 18.8 Å². The van der Waals surface area contributed by atoms with Crippen LogP contribution in [-0.4, -0.2) is 50.3 Å². The molecule has 1 saturated heterocycles. The van der Waals surface area contributed by atoms with Gasteiger partial charge < -0.3 is 14.4 Å². The molecule has 0 saturated carbocycles. The average molecular weight is 441 g/mol. The predicted molar refractivity (Wildman–Crippen MR) is 121 cm³/mol. The van der Waals surface area contributed by atoms with Crippen molar-refractivity contribution in [3.8, 4) is 17.3 Å². The number of morpholine rings is 1. The van der Waals surface area contributed by atoms with Crippen LogP contribution in [0.25, 0.3) is 5.69 Å². The first-order valence-electron chi connectivity index (χ1n) is 10.7. The molecule has 166 valence electrons. The molecule has 2 aromatic carbocycles. The Morgan fingerprint density at radius 3 is 2.64 bits per heavy atom. The van der Waals surface area contributed by atoms with Gasteiger partial charge in [0.1, 0.15) is 24.5 Å². The molecule has 5 rings (SSSR count). The molecule has 33 heavy (non-hydrogen) atoms. The van der Waals surface area contributed by atoms with Gasteiger partial charge in [-0.05, 0) is 43.3 Å². The summed E-state index contributed by atoms with van der Waals surface area (Å²) in [6.07, 6.45) is 2.88. The highest BCUT2D eigenvalue weighted by molar-refractivity contribution is 5.94. The largest absolute Gasteiger partial charge is 0.439 e. The van der Waals surface area contributed by atoms with Crippen LogP contribution in [0.5, 0.6) is 11.6 Å². The smallest absolute Gasteiger partial charge is 0.254 e. The van der Waals surface area contributed by atoms with Crippen LogP contribution in [0.2, 0.25) is 0 Å². The Balaban J connectivity index is 1.30. The summed E-state index contributed by atoms with van der Waals surface area (Å²) in [5, 5.41) is 7.66. The second-order valence-electron chi connectivity index (χ2n) is 7.85. The number of nitrogens with zero attached hydrogens (tertiary/aromatic N) is 5. The first kappa shape index (κ1) is 20.8. The fourth-order valence-electron chi connectivity index (χ4n) is 3.72. The third-order valence-electron chi connectivity index (χ3n) is 5.48. The summed E-state index contributed by atoms with van der Waals surface area (Å²) >= 11 is 0. The van der Waals surface area contributed by atoms with Crippen LogP contribution in [0.3, 0.4) is 0 Å². The van der Waals surface area contributed by atoms with E-state index in [1.54, 1.807) is 22.1 Å². The minimum absolute atomic E-state index is 0.0507. The zero-order valence-electron chi connectivity index (χ0n) is 18.2. The maximum atomic E-state index is 13.2. The molecule has 1 atom stereocenters. The third kappa shape index (κ3) is 4.75. The Morgan fingerprint density at radius 1 is 1.03 bits per heavy atom. The lowest BCUT2D eigenvalue weighted by Gasteiger charge is -2.33. The lowest BCUT2D eigenvalue weighted by molar-refractivity contribution is -0.0248. The van der Waals surface area contributed by atoms with Crippen LogP contribution < -0.4 is 4.74 Å². The molecule has 1 aliphatic heterocycles. The van der Waals surface area contributed by atoms with Crippen molar-refractivity contribution in [1.82, 2.24) is 24.6 Å². The summed E-state index contributed by atoms with van der Waals surface area (Å²) < 4.78 is 13.6. The Kier molecular flexibility index (Phi) is 5.82. The normalized spacial score (nSPS) is 15.9. The van der Waals surface area contributed by atoms with Crippen LogP contribution >= 0.6 is 0 Å². The van der Waals surface area contributed by atoms with E-state index in [1.807, 2.05) is 73.7 Å². The van der Waals surface area contributed by atoms with Crippen LogP contribution in [0.4, 0.5) is 0 Å². The van der Waals surface area contributed by atoms with Crippen molar-refractivity contribution in [3.63, 3.8) is 0 Å². The van der Waals surface area contributed by atoms with Gasteiger partial charge in [-0.3, -0.25) is 9.36 Å². The molecule has 2 aromatic heterocycles. The second kappa shape index (κ2) is 9.22. The van der Waals surface area contributed by atoms with Crippen LogP contribution in [-0.2, 0) is 4.74 Å². The number of pyridine rings is 1. The summed E-state index contributed by atoms with van der Waals surface area (Å²) in [6.45, 7) is 3.40. The molecule has 0 spiro atoms. The first-order chi connectivity index (χ1) is 16.2. The van der Waals surface area contributed by atoms with Crippen molar-refractivity contribution in [2.45, 2.75) is 13.0 Å². The zero-order chi connectivity index (χ0) is 22.6. The highest BCUT2D eigenvalue weighted by Gasteiger charge is 2.27. The van der Waals surface area contributed by atoms with E-state index in [0.717, 1.165) is 22.7 Å². The van der Waals surface area contributed by atoms with Crippen molar-refractivity contribution in [2.75, 3.05) is 19.7 Å². The minimum atomic E-state index is -0.328. The monoisotopic (exact) mass is 441 g/mol. The first-order valence-corrected chi connectivity index (χ1v) is 10.7. The fourth-order valence-corrected chi connectivity index (χ4v) is 3.72. The maximum absolute atomic E-state index is 13.2. The molecule has 0 aliphatic carbocycles. The topological polar surface area (TPSA) is 82.4 Å². The molecule has 3 heterocycles. The highest BCUT2D eigenvalue weighted by Crippen LogP contribution is 2.26. The van der Waals surface area contributed by atoms with Gasteiger partial charge in [-0.2, -0.15) is 0 Å². The quantitative estimate of drug-likeness (QED) is 0.466. The average Bonchev–Trinajstić information content (AvgIpc) is 3.41. The van der Waals surface area contributed by atoms with Crippen molar-refractivity contribution >= 4 is 5.91 Å². The highest BCUT2D eigenvalue weighted by atomic mass is 16.5. The lowest BCUT2D eigenvalue weighted by Crippen LogP contribution is -2.42. The van der Waals surface area contributed by atoms with Gasteiger partial charge in [0.25, 0.3) is 5.91 Å². The van der Waals surface area contributed by atoms with Crippen molar-refractivity contribution < 1.29 is 14.3 Å². The summed E-state index contributed by atoms with van der Waals surface area (Å²) in [6, 6.07) is 20.8. The molecule has 1 aliphatic rings. The molecule has 1 fully saturated rings. The molecule has 8 nitrogen and oxygen atoms in total. The van der Waals surface area contributed by atoms with Crippen molar-refractivity contribution in [2.24, 2.45) is 0 Å². The van der Waals surface area contributed by atoms with E-state index >= 15 is 0 Å².